The average Bonchev–Trinajstić information content (AvgIpc) is 3.86. The van der Waals surface area contributed by atoms with Gasteiger partial charge in [0.25, 0.3) is 0 Å². The Balaban J connectivity index is 1.38. The van der Waals surface area contributed by atoms with Gasteiger partial charge in [-0.2, -0.15) is 0 Å². The molecule has 0 bridgehead atoms. The van der Waals surface area contributed by atoms with Crippen molar-refractivity contribution < 1.29 is 0 Å². The largest absolute Gasteiger partial charge is 0.254 e. The maximum absolute atomic E-state index is 4.70. The number of pyridine rings is 2. The van der Waals surface area contributed by atoms with Crippen LogP contribution < -0.4 is 0 Å². The van der Waals surface area contributed by atoms with Crippen LogP contribution in [-0.4, -0.2) is 19.9 Å². The van der Waals surface area contributed by atoms with Crippen molar-refractivity contribution in [3.05, 3.63) is 145 Å². The monoisotopic (exact) mass is 624 g/mol. The summed E-state index contributed by atoms with van der Waals surface area (Å²) in [5.74, 6) is 0. The number of benzene rings is 5. The fourth-order valence-electron chi connectivity index (χ4n) is 6.55. The molecule has 4 aromatic heterocycles. The zero-order valence-electron chi connectivity index (χ0n) is 24.5. The second kappa shape index (κ2) is 11.1. The van der Waals surface area contributed by atoms with Crippen LogP contribution in [0.3, 0.4) is 0 Å². The topological polar surface area (TPSA) is 51.6 Å². The van der Waals surface area contributed by atoms with Crippen molar-refractivity contribution in [2.75, 3.05) is 0 Å². The SMILES string of the molecule is c1ccc2c(-c3ccc4c(-c5ccnc(-c6nccs6)c5)c5ccccc5c(-c5ccnc(-c6nccs6)c5)c4c3)cccc2c1. The van der Waals surface area contributed by atoms with Gasteiger partial charge >= 0.3 is 0 Å². The third-order valence-corrected chi connectivity index (χ3v) is 10.1. The summed E-state index contributed by atoms with van der Waals surface area (Å²) in [5.41, 5.74) is 8.75. The van der Waals surface area contributed by atoms with Crippen molar-refractivity contribution in [3.8, 4) is 54.8 Å². The van der Waals surface area contributed by atoms with Crippen LogP contribution in [0.5, 0.6) is 0 Å². The molecular formula is C40H24N4S2. The molecule has 0 unspecified atom stereocenters. The summed E-state index contributed by atoms with van der Waals surface area (Å²) in [7, 11) is 0. The lowest BCUT2D eigenvalue weighted by atomic mass is 9.84. The van der Waals surface area contributed by atoms with Gasteiger partial charge in [0.05, 0.1) is 11.4 Å². The van der Waals surface area contributed by atoms with Crippen molar-refractivity contribution in [2.24, 2.45) is 0 Å². The Morgan fingerprint density at radius 3 is 1.59 bits per heavy atom. The van der Waals surface area contributed by atoms with E-state index in [-0.39, 0.29) is 0 Å². The number of aromatic nitrogens is 4. The molecular weight excluding hydrogens is 601 g/mol. The minimum Gasteiger partial charge on any atom is -0.254 e. The molecule has 0 aliphatic carbocycles. The van der Waals surface area contributed by atoms with E-state index in [1.54, 1.807) is 22.7 Å². The number of fused-ring (bicyclic) bond motifs is 3. The van der Waals surface area contributed by atoms with Crippen molar-refractivity contribution in [1.29, 1.82) is 0 Å². The first kappa shape index (κ1) is 26.8. The summed E-state index contributed by atoms with van der Waals surface area (Å²) in [6, 6.07) is 39.4. The molecule has 9 rings (SSSR count). The maximum Gasteiger partial charge on any atom is 0.141 e. The Kier molecular flexibility index (Phi) is 6.47. The number of rotatable bonds is 5. The van der Waals surface area contributed by atoms with Crippen molar-refractivity contribution in [1.82, 2.24) is 19.9 Å². The Morgan fingerprint density at radius 2 is 0.957 bits per heavy atom. The average molecular weight is 625 g/mol. The predicted molar refractivity (Wildman–Crippen MR) is 193 cm³/mol. The van der Waals surface area contributed by atoms with Gasteiger partial charge < -0.3 is 0 Å². The second-order valence-corrected chi connectivity index (χ2v) is 12.9. The van der Waals surface area contributed by atoms with Gasteiger partial charge in [0.1, 0.15) is 10.0 Å². The van der Waals surface area contributed by atoms with Crippen molar-refractivity contribution in [3.63, 3.8) is 0 Å². The number of thiazole rings is 2. The fraction of sp³-hybridized carbons (Fsp3) is 0. The highest BCUT2D eigenvalue weighted by Crippen LogP contribution is 2.46. The van der Waals surface area contributed by atoms with E-state index in [4.69, 9.17) is 4.98 Å². The van der Waals surface area contributed by atoms with Crippen LogP contribution in [0, 0.1) is 0 Å². The van der Waals surface area contributed by atoms with Crippen LogP contribution in [0.1, 0.15) is 0 Å². The molecule has 0 radical (unpaired) electrons. The molecule has 0 saturated carbocycles. The molecule has 0 amide bonds. The number of nitrogens with zero attached hydrogens (tertiary/aromatic N) is 4. The summed E-state index contributed by atoms with van der Waals surface area (Å²) in [5, 5.41) is 13.0. The van der Waals surface area contributed by atoms with Crippen LogP contribution in [-0.2, 0) is 0 Å². The smallest absolute Gasteiger partial charge is 0.141 e. The van der Waals surface area contributed by atoms with Gasteiger partial charge in [0.15, 0.2) is 0 Å². The van der Waals surface area contributed by atoms with Gasteiger partial charge in [0.2, 0.25) is 0 Å². The van der Waals surface area contributed by atoms with E-state index in [1.165, 1.54) is 54.6 Å². The van der Waals surface area contributed by atoms with Crippen LogP contribution in [0.2, 0.25) is 0 Å². The highest BCUT2D eigenvalue weighted by molar-refractivity contribution is 7.13. The van der Waals surface area contributed by atoms with Gasteiger partial charge in [-0.3, -0.25) is 9.97 Å². The lowest BCUT2D eigenvalue weighted by molar-refractivity contribution is 1.29. The third-order valence-electron chi connectivity index (χ3n) is 8.52. The Labute approximate surface area is 273 Å². The first-order valence-electron chi connectivity index (χ1n) is 15.0. The Morgan fingerprint density at radius 1 is 0.391 bits per heavy atom. The zero-order valence-corrected chi connectivity index (χ0v) is 26.1. The zero-order chi connectivity index (χ0) is 30.5. The second-order valence-electron chi connectivity index (χ2n) is 11.1. The van der Waals surface area contributed by atoms with E-state index in [9.17, 15) is 0 Å². The summed E-state index contributed by atoms with van der Waals surface area (Å²) in [4.78, 5) is 18.5. The first-order valence-corrected chi connectivity index (χ1v) is 16.8. The molecule has 0 saturated heterocycles. The highest BCUT2D eigenvalue weighted by Gasteiger charge is 2.19. The van der Waals surface area contributed by atoms with Gasteiger partial charge in [0, 0.05) is 35.5 Å². The van der Waals surface area contributed by atoms with E-state index in [2.05, 4.69) is 124 Å². The van der Waals surface area contributed by atoms with Crippen LogP contribution in [0.15, 0.2) is 145 Å². The van der Waals surface area contributed by atoms with E-state index >= 15 is 0 Å². The lowest BCUT2D eigenvalue weighted by Gasteiger charge is -2.19. The van der Waals surface area contributed by atoms with Crippen LogP contribution in [0.25, 0.3) is 87.1 Å². The van der Waals surface area contributed by atoms with Crippen molar-refractivity contribution >= 4 is 55.0 Å². The molecule has 216 valence electrons. The summed E-state index contributed by atoms with van der Waals surface area (Å²) in [6.45, 7) is 0. The molecule has 0 fully saturated rings. The van der Waals surface area contributed by atoms with Gasteiger partial charge in [-0.1, -0.05) is 78.9 Å². The molecule has 0 aliphatic rings. The number of hydrogen-bond acceptors (Lipinski definition) is 6. The standard InChI is InChI=1S/C40H24N4S2/c1-2-8-29-25(6-1)7-5-11-30(29)26-12-13-33-34(22-26)38(28-15-17-42-36(24-28)40-44-19-21-46-40)32-10-4-3-9-31(32)37(33)27-14-16-41-35(23-27)39-43-18-20-45-39/h1-24H. The quantitative estimate of drug-likeness (QED) is 0.179. The molecule has 0 aliphatic heterocycles. The molecule has 5 aromatic carbocycles. The maximum atomic E-state index is 4.70. The van der Waals surface area contributed by atoms with Crippen LogP contribution in [0.4, 0.5) is 0 Å². The van der Waals surface area contributed by atoms with Gasteiger partial charge in [-0.05, 0) is 96.0 Å². The molecule has 0 N–H and O–H groups in total. The first-order chi connectivity index (χ1) is 22.8. The molecule has 0 spiro atoms. The Hall–Kier alpha value is -5.56. The lowest BCUT2D eigenvalue weighted by Crippen LogP contribution is -1.94. The summed E-state index contributed by atoms with van der Waals surface area (Å²) < 4.78 is 0. The normalized spacial score (nSPS) is 11.5. The molecule has 46 heavy (non-hydrogen) atoms. The molecule has 0 atom stereocenters. The molecule has 4 heterocycles. The molecule has 6 heteroatoms. The minimum atomic E-state index is 0.876. The van der Waals surface area contributed by atoms with Crippen molar-refractivity contribution in [2.45, 2.75) is 0 Å². The Bertz CT molecular complexity index is 2530. The summed E-state index contributed by atoms with van der Waals surface area (Å²) in [6.07, 6.45) is 7.46. The minimum absolute atomic E-state index is 0.876. The highest BCUT2D eigenvalue weighted by atomic mass is 32.1. The van der Waals surface area contributed by atoms with E-state index < -0.39 is 0 Å². The van der Waals surface area contributed by atoms with Crippen LogP contribution >= 0.6 is 22.7 Å². The number of hydrogen-bond donors (Lipinski definition) is 0. The van der Waals surface area contributed by atoms with Gasteiger partial charge in [-0.15, -0.1) is 22.7 Å². The third kappa shape index (κ3) is 4.50. The summed E-state index contributed by atoms with van der Waals surface area (Å²) >= 11 is 3.21. The molecule has 4 nitrogen and oxygen atoms in total. The predicted octanol–water partition coefficient (Wildman–Crippen LogP) is 11.2. The van der Waals surface area contributed by atoms with E-state index in [1.807, 2.05) is 35.5 Å². The van der Waals surface area contributed by atoms with E-state index in [0.717, 1.165) is 32.5 Å². The van der Waals surface area contributed by atoms with E-state index in [0.29, 0.717) is 0 Å². The van der Waals surface area contributed by atoms with Gasteiger partial charge in [-0.25, -0.2) is 9.97 Å². The molecule has 9 aromatic rings. The fourth-order valence-corrected chi connectivity index (χ4v) is 7.76.